The lowest BCUT2D eigenvalue weighted by Crippen LogP contribution is -2.47. The third kappa shape index (κ3) is 3.67. The minimum absolute atomic E-state index is 0.179. The Bertz CT molecular complexity index is 651. The number of imide groups is 1. The first-order chi connectivity index (χ1) is 12.0. The molecule has 1 aromatic rings. The van der Waals surface area contributed by atoms with Crippen molar-refractivity contribution in [3.63, 3.8) is 0 Å². The molecule has 0 aromatic heterocycles. The van der Waals surface area contributed by atoms with E-state index in [4.69, 9.17) is 0 Å². The Morgan fingerprint density at radius 1 is 1.16 bits per heavy atom. The second-order valence-electron chi connectivity index (χ2n) is 7.02. The minimum atomic E-state index is -0.793. The van der Waals surface area contributed by atoms with Gasteiger partial charge < -0.3 is 10.6 Å². The van der Waals surface area contributed by atoms with Gasteiger partial charge in [-0.2, -0.15) is 0 Å². The number of nitrogens with one attached hydrogen (secondary N) is 2. The van der Waals surface area contributed by atoms with Crippen LogP contribution in [0.4, 0.5) is 4.79 Å². The number of nitrogens with zero attached hydrogens (tertiary/aromatic N) is 1. The van der Waals surface area contributed by atoms with Gasteiger partial charge in [-0.1, -0.05) is 56.0 Å². The summed E-state index contributed by atoms with van der Waals surface area (Å²) in [4.78, 5) is 38.5. The SMILES string of the molecule is C[C@@H](NC(=O)CN1C(=O)NC2(CCCCCC2)C1=O)c1ccccc1. The molecule has 1 aliphatic carbocycles. The molecule has 1 spiro atoms. The second-order valence-corrected chi connectivity index (χ2v) is 7.02. The number of urea groups is 1. The molecular weight excluding hydrogens is 318 g/mol. The highest BCUT2D eigenvalue weighted by Gasteiger charge is 2.51. The summed E-state index contributed by atoms with van der Waals surface area (Å²) in [6.07, 6.45) is 5.35. The first-order valence-electron chi connectivity index (χ1n) is 9.00. The molecule has 0 bridgehead atoms. The van der Waals surface area contributed by atoms with Crippen molar-refractivity contribution in [3.05, 3.63) is 35.9 Å². The number of hydrogen-bond acceptors (Lipinski definition) is 3. The van der Waals surface area contributed by atoms with E-state index in [2.05, 4.69) is 10.6 Å². The molecule has 0 radical (unpaired) electrons. The third-order valence-corrected chi connectivity index (χ3v) is 5.18. The average Bonchev–Trinajstić information content (AvgIpc) is 2.77. The number of benzene rings is 1. The van der Waals surface area contributed by atoms with Crippen LogP contribution < -0.4 is 10.6 Å². The Hall–Kier alpha value is -2.37. The molecule has 2 aliphatic rings. The van der Waals surface area contributed by atoms with Crippen LogP contribution in [0.5, 0.6) is 0 Å². The third-order valence-electron chi connectivity index (χ3n) is 5.18. The Kier molecular flexibility index (Phi) is 5.06. The van der Waals surface area contributed by atoms with Crippen molar-refractivity contribution in [1.82, 2.24) is 15.5 Å². The smallest absolute Gasteiger partial charge is 0.325 e. The van der Waals surface area contributed by atoms with E-state index in [1.54, 1.807) is 0 Å². The van der Waals surface area contributed by atoms with Gasteiger partial charge in [-0.3, -0.25) is 14.5 Å². The van der Waals surface area contributed by atoms with E-state index >= 15 is 0 Å². The zero-order valence-electron chi connectivity index (χ0n) is 14.6. The fourth-order valence-corrected chi connectivity index (χ4v) is 3.75. The summed E-state index contributed by atoms with van der Waals surface area (Å²) in [6.45, 7) is 1.65. The Morgan fingerprint density at radius 3 is 2.44 bits per heavy atom. The lowest BCUT2D eigenvalue weighted by molar-refractivity contribution is -0.135. The van der Waals surface area contributed by atoms with Gasteiger partial charge >= 0.3 is 6.03 Å². The summed E-state index contributed by atoms with van der Waals surface area (Å²) in [7, 11) is 0. The van der Waals surface area contributed by atoms with Crippen molar-refractivity contribution >= 4 is 17.8 Å². The fourth-order valence-electron chi connectivity index (χ4n) is 3.75. The first kappa shape index (κ1) is 17.5. The zero-order chi connectivity index (χ0) is 17.9. The highest BCUT2D eigenvalue weighted by molar-refractivity contribution is 6.09. The van der Waals surface area contributed by atoms with Crippen LogP contribution in [0.25, 0.3) is 0 Å². The minimum Gasteiger partial charge on any atom is -0.348 e. The van der Waals surface area contributed by atoms with Crippen LogP contribution in [0.15, 0.2) is 30.3 Å². The van der Waals surface area contributed by atoms with Crippen molar-refractivity contribution in [1.29, 1.82) is 0 Å². The number of carbonyl (C=O) groups is 3. The van der Waals surface area contributed by atoms with Gasteiger partial charge in [-0.15, -0.1) is 0 Å². The summed E-state index contributed by atoms with van der Waals surface area (Å²) in [5.74, 6) is -0.576. The molecule has 25 heavy (non-hydrogen) atoms. The van der Waals surface area contributed by atoms with Gasteiger partial charge in [0.25, 0.3) is 5.91 Å². The van der Waals surface area contributed by atoms with Crippen LogP contribution in [0.2, 0.25) is 0 Å². The Balaban J connectivity index is 1.63. The van der Waals surface area contributed by atoms with Gasteiger partial charge in [-0.25, -0.2) is 4.79 Å². The molecule has 134 valence electrons. The standard InChI is InChI=1S/C19H25N3O3/c1-14(15-9-5-4-6-10-15)20-16(23)13-22-17(24)19(21-18(22)25)11-7-2-3-8-12-19/h4-6,9-10,14H,2-3,7-8,11-13H2,1H3,(H,20,23)(H,21,25)/t14-/m1/s1. The molecule has 1 atom stereocenters. The molecule has 0 unspecified atom stereocenters. The number of carbonyl (C=O) groups excluding carboxylic acids is 3. The lowest BCUT2D eigenvalue weighted by Gasteiger charge is -2.24. The van der Waals surface area contributed by atoms with Crippen LogP contribution in [-0.2, 0) is 9.59 Å². The predicted molar refractivity (Wildman–Crippen MR) is 93.7 cm³/mol. The van der Waals surface area contributed by atoms with Crippen molar-refractivity contribution < 1.29 is 14.4 Å². The van der Waals surface area contributed by atoms with Crippen molar-refractivity contribution in [2.75, 3.05) is 6.54 Å². The van der Waals surface area contributed by atoms with E-state index < -0.39 is 11.6 Å². The quantitative estimate of drug-likeness (QED) is 0.825. The molecular formula is C19H25N3O3. The van der Waals surface area contributed by atoms with Crippen molar-refractivity contribution in [2.24, 2.45) is 0 Å². The molecule has 1 heterocycles. The van der Waals surface area contributed by atoms with E-state index in [-0.39, 0.29) is 24.4 Å². The van der Waals surface area contributed by atoms with Gasteiger partial charge in [-0.05, 0) is 25.3 Å². The molecule has 1 aliphatic heterocycles. The van der Waals surface area contributed by atoms with E-state index in [1.807, 2.05) is 37.3 Å². The van der Waals surface area contributed by atoms with Crippen LogP contribution >= 0.6 is 0 Å². The summed E-state index contributed by atoms with van der Waals surface area (Å²) >= 11 is 0. The molecule has 3 rings (SSSR count). The van der Waals surface area contributed by atoms with E-state index in [0.29, 0.717) is 12.8 Å². The summed E-state index contributed by atoms with van der Waals surface area (Å²) in [5, 5.41) is 5.71. The summed E-state index contributed by atoms with van der Waals surface area (Å²) in [6, 6.07) is 8.96. The highest BCUT2D eigenvalue weighted by atomic mass is 16.2. The topological polar surface area (TPSA) is 78.5 Å². The van der Waals surface area contributed by atoms with Gasteiger partial charge in [0, 0.05) is 0 Å². The summed E-state index contributed by atoms with van der Waals surface area (Å²) in [5.41, 5.74) is 0.187. The maximum atomic E-state index is 12.8. The van der Waals surface area contributed by atoms with E-state index in [0.717, 1.165) is 36.1 Å². The number of hydrogen-bond donors (Lipinski definition) is 2. The number of rotatable bonds is 4. The largest absolute Gasteiger partial charge is 0.348 e. The van der Waals surface area contributed by atoms with Crippen molar-refractivity contribution in [3.8, 4) is 0 Å². The number of amides is 4. The molecule has 6 heteroatoms. The Labute approximate surface area is 148 Å². The maximum Gasteiger partial charge on any atom is 0.325 e. The predicted octanol–water partition coefficient (Wildman–Crippen LogP) is 2.51. The van der Waals surface area contributed by atoms with Gasteiger partial charge in [0.1, 0.15) is 12.1 Å². The fraction of sp³-hybridized carbons (Fsp3) is 0.526. The van der Waals surface area contributed by atoms with Gasteiger partial charge in [0.05, 0.1) is 6.04 Å². The molecule has 2 fully saturated rings. The summed E-state index contributed by atoms with van der Waals surface area (Å²) < 4.78 is 0. The second kappa shape index (κ2) is 7.25. The average molecular weight is 343 g/mol. The molecule has 2 N–H and O–H groups in total. The molecule has 4 amide bonds. The normalized spacial score (nSPS) is 20.9. The van der Waals surface area contributed by atoms with E-state index in [9.17, 15) is 14.4 Å². The zero-order valence-corrected chi connectivity index (χ0v) is 14.6. The first-order valence-corrected chi connectivity index (χ1v) is 9.00. The molecule has 1 aromatic carbocycles. The maximum absolute atomic E-state index is 12.8. The van der Waals surface area contributed by atoms with Crippen LogP contribution in [0.3, 0.4) is 0 Å². The Morgan fingerprint density at radius 2 is 1.80 bits per heavy atom. The lowest BCUT2D eigenvalue weighted by atomic mass is 9.90. The van der Waals surface area contributed by atoms with Crippen LogP contribution in [0.1, 0.15) is 57.1 Å². The van der Waals surface area contributed by atoms with Gasteiger partial charge in [0.15, 0.2) is 0 Å². The van der Waals surface area contributed by atoms with Crippen LogP contribution in [-0.4, -0.2) is 34.8 Å². The monoisotopic (exact) mass is 343 g/mol. The van der Waals surface area contributed by atoms with Gasteiger partial charge in [0.2, 0.25) is 5.91 Å². The molecule has 1 saturated carbocycles. The molecule has 6 nitrogen and oxygen atoms in total. The molecule has 1 saturated heterocycles. The van der Waals surface area contributed by atoms with E-state index in [1.165, 1.54) is 0 Å². The van der Waals surface area contributed by atoms with Crippen LogP contribution in [0, 0.1) is 0 Å². The highest BCUT2D eigenvalue weighted by Crippen LogP contribution is 2.32. The van der Waals surface area contributed by atoms with Crippen molar-refractivity contribution in [2.45, 2.75) is 57.0 Å².